The summed E-state index contributed by atoms with van der Waals surface area (Å²) in [4.78, 5) is 30.2. The van der Waals surface area contributed by atoms with E-state index in [9.17, 15) is 9.59 Å². The second-order valence-electron chi connectivity index (χ2n) is 6.93. The van der Waals surface area contributed by atoms with E-state index in [1.807, 2.05) is 12.1 Å². The smallest absolute Gasteiger partial charge is 0.337 e. The second kappa shape index (κ2) is 8.68. The maximum Gasteiger partial charge on any atom is 0.337 e. The molecule has 2 aromatic heterocycles. The van der Waals surface area contributed by atoms with Crippen LogP contribution in [0.25, 0.3) is 5.82 Å². The lowest BCUT2D eigenvalue weighted by atomic mass is 9.97. The van der Waals surface area contributed by atoms with E-state index >= 15 is 0 Å². The normalized spacial score (nSPS) is 16.2. The van der Waals surface area contributed by atoms with Crippen molar-refractivity contribution in [2.45, 2.75) is 12.8 Å². The SMILES string of the molecule is COC(=O)c1ccc(NC(=O)C2CCCN(c3ccc(-n4cncn4)nn3)C2)cc1. The van der Waals surface area contributed by atoms with Crippen LogP contribution in [0.5, 0.6) is 0 Å². The van der Waals surface area contributed by atoms with Crippen molar-refractivity contribution >= 4 is 23.4 Å². The number of piperidine rings is 1. The third-order valence-corrected chi connectivity index (χ3v) is 4.98. The topological polar surface area (TPSA) is 115 Å². The van der Waals surface area contributed by atoms with E-state index in [1.165, 1.54) is 18.1 Å². The predicted molar refractivity (Wildman–Crippen MR) is 108 cm³/mol. The lowest BCUT2D eigenvalue weighted by molar-refractivity contribution is -0.120. The Morgan fingerprint density at radius 1 is 1.10 bits per heavy atom. The third-order valence-electron chi connectivity index (χ3n) is 4.98. The van der Waals surface area contributed by atoms with E-state index < -0.39 is 5.97 Å². The quantitative estimate of drug-likeness (QED) is 0.636. The van der Waals surface area contributed by atoms with Gasteiger partial charge in [0, 0.05) is 18.8 Å². The summed E-state index contributed by atoms with van der Waals surface area (Å²) < 4.78 is 6.22. The van der Waals surface area contributed by atoms with E-state index in [0.717, 1.165) is 25.2 Å². The van der Waals surface area contributed by atoms with E-state index in [-0.39, 0.29) is 11.8 Å². The summed E-state index contributed by atoms with van der Waals surface area (Å²) in [6.07, 6.45) is 4.67. The highest BCUT2D eigenvalue weighted by Crippen LogP contribution is 2.23. The standard InChI is InChI=1S/C20H21N7O3/c1-30-20(29)14-4-6-16(7-5-14)23-19(28)15-3-2-10-26(11-15)17-8-9-18(25-24-17)27-13-21-12-22-27/h4-9,12-13,15H,2-3,10-11H2,1H3,(H,23,28). The molecule has 4 rings (SSSR count). The number of methoxy groups -OCH3 is 1. The van der Waals surface area contributed by atoms with Crippen LogP contribution in [0.15, 0.2) is 49.1 Å². The highest BCUT2D eigenvalue weighted by molar-refractivity contribution is 5.94. The third kappa shape index (κ3) is 4.27. The van der Waals surface area contributed by atoms with Crippen molar-refractivity contribution < 1.29 is 14.3 Å². The lowest BCUT2D eigenvalue weighted by Gasteiger charge is -2.32. The molecule has 0 radical (unpaired) electrons. The van der Waals surface area contributed by atoms with Crippen molar-refractivity contribution in [3.63, 3.8) is 0 Å². The number of anilines is 2. The average molecular weight is 407 g/mol. The minimum atomic E-state index is -0.410. The van der Waals surface area contributed by atoms with Crippen LogP contribution in [0, 0.1) is 5.92 Å². The number of amides is 1. The van der Waals surface area contributed by atoms with Crippen molar-refractivity contribution in [1.82, 2.24) is 25.0 Å². The predicted octanol–water partition coefficient (Wildman–Crippen LogP) is 1.70. The van der Waals surface area contributed by atoms with E-state index in [2.05, 4.69) is 35.2 Å². The molecule has 1 atom stereocenters. The zero-order valence-corrected chi connectivity index (χ0v) is 16.4. The van der Waals surface area contributed by atoms with Crippen LogP contribution >= 0.6 is 0 Å². The van der Waals surface area contributed by atoms with Crippen LogP contribution in [-0.2, 0) is 9.53 Å². The average Bonchev–Trinajstić information content (AvgIpc) is 3.34. The van der Waals surface area contributed by atoms with Gasteiger partial charge >= 0.3 is 5.97 Å². The summed E-state index contributed by atoms with van der Waals surface area (Å²) in [6.45, 7) is 1.37. The van der Waals surface area contributed by atoms with Crippen molar-refractivity contribution in [2.75, 3.05) is 30.4 Å². The molecule has 0 spiro atoms. The first-order valence-electron chi connectivity index (χ1n) is 9.57. The number of rotatable bonds is 5. The second-order valence-corrected chi connectivity index (χ2v) is 6.93. The molecule has 1 aliphatic heterocycles. The van der Waals surface area contributed by atoms with Crippen LogP contribution in [0.4, 0.5) is 11.5 Å². The summed E-state index contributed by atoms with van der Waals surface area (Å²) in [5.41, 5.74) is 1.08. The summed E-state index contributed by atoms with van der Waals surface area (Å²) in [7, 11) is 1.33. The lowest BCUT2D eigenvalue weighted by Crippen LogP contribution is -2.41. The van der Waals surface area contributed by atoms with Gasteiger partial charge < -0.3 is 15.0 Å². The van der Waals surface area contributed by atoms with E-state index in [0.29, 0.717) is 23.6 Å². The molecule has 1 unspecified atom stereocenters. The Balaban J connectivity index is 1.38. The molecule has 0 saturated carbocycles. The van der Waals surface area contributed by atoms with Gasteiger partial charge in [0.1, 0.15) is 12.7 Å². The number of benzene rings is 1. The van der Waals surface area contributed by atoms with Gasteiger partial charge in [0.25, 0.3) is 0 Å². The molecular formula is C20H21N7O3. The first kappa shape index (κ1) is 19.5. The van der Waals surface area contributed by atoms with Gasteiger partial charge in [-0.2, -0.15) is 5.10 Å². The van der Waals surface area contributed by atoms with Gasteiger partial charge in [-0.05, 0) is 49.2 Å². The number of hydrogen-bond donors (Lipinski definition) is 1. The number of nitrogens with zero attached hydrogens (tertiary/aromatic N) is 6. The minimum absolute atomic E-state index is 0.0577. The molecule has 1 saturated heterocycles. The van der Waals surface area contributed by atoms with Crippen LogP contribution < -0.4 is 10.2 Å². The summed E-state index contributed by atoms with van der Waals surface area (Å²) >= 11 is 0. The number of nitrogens with one attached hydrogen (secondary N) is 1. The zero-order valence-electron chi connectivity index (χ0n) is 16.4. The molecule has 0 bridgehead atoms. The molecule has 154 valence electrons. The first-order chi connectivity index (χ1) is 14.6. The Morgan fingerprint density at radius 3 is 2.53 bits per heavy atom. The Morgan fingerprint density at radius 2 is 1.87 bits per heavy atom. The zero-order chi connectivity index (χ0) is 20.9. The molecule has 3 aromatic rings. The van der Waals surface area contributed by atoms with Crippen LogP contribution in [0.3, 0.4) is 0 Å². The van der Waals surface area contributed by atoms with Crippen molar-refractivity contribution in [3.8, 4) is 5.82 Å². The molecule has 1 aromatic carbocycles. The van der Waals surface area contributed by atoms with Crippen molar-refractivity contribution in [1.29, 1.82) is 0 Å². The first-order valence-corrected chi connectivity index (χ1v) is 9.57. The summed E-state index contributed by atoms with van der Waals surface area (Å²) in [6, 6.07) is 10.3. The van der Waals surface area contributed by atoms with Crippen molar-refractivity contribution in [2.24, 2.45) is 5.92 Å². The molecule has 10 nitrogen and oxygen atoms in total. The molecule has 1 fully saturated rings. The van der Waals surface area contributed by atoms with Gasteiger partial charge in [-0.15, -0.1) is 10.2 Å². The maximum atomic E-state index is 12.7. The van der Waals surface area contributed by atoms with Crippen molar-refractivity contribution in [3.05, 3.63) is 54.6 Å². The van der Waals surface area contributed by atoms with Gasteiger partial charge in [-0.3, -0.25) is 4.79 Å². The fourth-order valence-corrected chi connectivity index (χ4v) is 3.39. The summed E-state index contributed by atoms with van der Waals surface area (Å²) in [5.74, 6) is 0.664. The number of carbonyl (C=O) groups excluding carboxylic acids is 2. The minimum Gasteiger partial charge on any atom is -0.465 e. The number of aromatic nitrogens is 5. The highest BCUT2D eigenvalue weighted by Gasteiger charge is 2.27. The molecule has 10 heteroatoms. The Bertz CT molecular complexity index is 1000. The van der Waals surface area contributed by atoms with Gasteiger partial charge in [0.2, 0.25) is 5.91 Å². The van der Waals surface area contributed by atoms with E-state index in [4.69, 9.17) is 0 Å². The number of carbonyl (C=O) groups is 2. The monoisotopic (exact) mass is 407 g/mol. The van der Waals surface area contributed by atoms with Gasteiger partial charge in [0.15, 0.2) is 11.6 Å². The number of ether oxygens (including phenoxy) is 1. The van der Waals surface area contributed by atoms with Gasteiger partial charge in [-0.25, -0.2) is 14.5 Å². The maximum absolute atomic E-state index is 12.7. The Labute approximate surface area is 172 Å². The molecule has 1 aliphatic rings. The number of esters is 1. The molecular weight excluding hydrogens is 386 g/mol. The van der Waals surface area contributed by atoms with Crippen LogP contribution in [-0.4, -0.2) is 57.0 Å². The fraction of sp³-hybridized carbons (Fsp3) is 0.300. The van der Waals surface area contributed by atoms with Crippen LogP contribution in [0.1, 0.15) is 23.2 Å². The highest BCUT2D eigenvalue weighted by atomic mass is 16.5. The molecule has 1 amide bonds. The van der Waals surface area contributed by atoms with E-state index in [1.54, 1.807) is 30.6 Å². The molecule has 3 heterocycles. The molecule has 30 heavy (non-hydrogen) atoms. The number of hydrogen-bond acceptors (Lipinski definition) is 8. The largest absolute Gasteiger partial charge is 0.465 e. The van der Waals surface area contributed by atoms with Gasteiger partial charge in [-0.1, -0.05) is 0 Å². The Kier molecular flexibility index (Phi) is 5.64. The summed E-state index contributed by atoms with van der Waals surface area (Å²) in [5, 5.41) is 15.4. The Hall–Kier alpha value is -3.82. The van der Waals surface area contributed by atoms with Gasteiger partial charge in [0.05, 0.1) is 18.6 Å². The molecule has 0 aliphatic carbocycles. The fourth-order valence-electron chi connectivity index (χ4n) is 3.39. The van der Waals surface area contributed by atoms with Crippen LogP contribution in [0.2, 0.25) is 0 Å². The molecule has 1 N–H and O–H groups in total.